The van der Waals surface area contributed by atoms with Crippen LogP contribution in [0.3, 0.4) is 0 Å². The molecule has 3 rings (SSSR count). The number of aryl methyl sites for hydroxylation is 1. The van der Waals surface area contributed by atoms with Gasteiger partial charge >= 0.3 is 0 Å². The number of rotatable bonds is 4. The Labute approximate surface area is 142 Å². The van der Waals surface area contributed by atoms with E-state index in [4.69, 9.17) is 9.26 Å². The summed E-state index contributed by atoms with van der Waals surface area (Å²) in [5.74, 6) is 1.56. The van der Waals surface area contributed by atoms with Crippen LogP contribution in [-0.2, 0) is 16.1 Å². The van der Waals surface area contributed by atoms with Crippen LogP contribution in [0, 0.1) is 6.92 Å². The Morgan fingerprint density at radius 3 is 2.67 bits per heavy atom. The number of carbonyl (C=O) groups excluding carboxylic acids is 1. The van der Waals surface area contributed by atoms with Crippen LogP contribution in [0.4, 0.5) is 0 Å². The van der Waals surface area contributed by atoms with E-state index in [1.807, 2.05) is 11.8 Å². The van der Waals surface area contributed by atoms with E-state index in [1.165, 1.54) is 0 Å². The molecule has 0 saturated carbocycles. The van der Waals surface area contributed by atoms with Crippen LogP contribution in [0.2, 0.25) is 0 Å². The summed E-state index contributed by atoms with van der Waals surface area (Å²) >= 11 is 0. The van der Waals surface area contributed by atoms with Crippen LogP contribution < -0.4 is 0 Å². The quantitative estimate of drug-likeness (QED) is 0.773. The Morgan fingerprint density at radius 2 is 1.96 bits per heavy atom. The van der Waals surface area contributed by atoms with Crippen molar-refractivity contribution in [2.75, 3.05) is 52.5 Å². The first-order valence-corrected chi connectivity index (χ1v) is 8.75. The lowest BCUT2D eigenvalue weighted by molar-refractivity contribution is -0.140. The Kier molecular flexibility index (Phi) is 5.80. The maximum absolute atomic E-state index is 12.7. The Morgan fingerprint density at radius 1 is 1.17 bits per heavy atom. The lowest BCUT2D eigenvalue weighted by Gasteiger charge is -2.34. The van der Waals surface area contributed by atoms with E-state index >= 15 is 0 Å². The topological polar surface area (TPSA) is 74.9 Å². The zero-order chi connectivity index (χ0) is 16.9. The van der Waals surface area contributed by atoms with Crippen molar-refractivity contribution in [1.29, 1.82) is 0 Å². The first kappa shape index (κ1) is 17.3. The molecule has 2 aliphatic rings. The van der Waals surface area contributed by atoms with Crippen LogP contribution in [0.1, 0.15) is 25.1 Å². The van der Waals surface area contributed by atoms with E-state index in [0.29, 0.717) is 38.7 Å². The summed E-state index contributed by atoms with van der Waals surface area (Å²) < 4.78 is 10.4. The van der Waals surface area contributed by atoms with Gasteiger partial charge in [-0.2, -0.15) is 4.98 Å². The molecule has 0 bridgehead atoms. The molecule has 134 valence electrons. The maximum atomic E-state index is 12.7. The molecule has 2 fully saturated rings. The van der Waals surface area contributed by atoms with Gasteiger partial charge < -0.3 is 14.2 Å². The summed E-state index contributed by atoms with van der Waals surface area (Å²) in [5.41, 5.74) is 0. The van der Waals surface area contributed by atoms with Gasteiger partial charge in [-0.15, -0.1) is 0 Å². The summed E-state index contributed by atoms with van der Waals surface area (Å²) in [4.78, 5) is 23.5. The number of carbonyl (C=O) groups is 1. The molecular formula is C16H27N5O3. The zero-order valence-corrected chi connectivity index (χ0v) is 14.6. The number of hydrogen-bond donors (Lipinski definition) is 0. The van der Waals surface area contributed by atoms with Gasteiger partial charge in [-0.1, -0.05) is 5.16 Å². The van der Waals surface area contributed by atoms with Gasteiger partial charge in [-0.25, -0.2) is 0 Å². The van der Waals surface area contributed by atoms with Gasteiger partial charge in [0.15, 0.2) is 5.82 Å². The van der Waals surface area contributed by atoms with Gasteiger partial charge in [0.25, 0.3) is 0 Å². The highest BCUT2D eigenvalue weighted by molar-refractivity contribution is 5.81. The molecular weight excluding hydrogens is 310 g/mol. The SMILES string of the molecule is Cc1nc(CN2CCCN([C@@H](C)C(=O)N3CCOCC3)CC2)no1. The van der Waals surface area contributed by atoms with Gasteiger partial charge in [-0.3, -0.25) is 14.6 Å². The predicted molar refractivity (Wildman–Crippen MR) is 87.4 cm³/mol. The number of morpholine rings is 1. The molecule has 0 aromatic carbocycles. The smallest absolute Gasteiger partial charge is 0.239 e. The van der Waals surface area contributed by atoms with E-state index in [2.05, 4.69) is 19.9 Å². The van der Waals surface area contributed by atoms with Gasteiger partial charge in [0.2, 0.25) is 11.8 Å². The first-order valence-electron chi connectivity index (χ1n) is 8.75. The van der Waals surface area contributed by atoms with Gasteiger partial charge in [-0.05, 0) is 19.9 Å². The molecule has 0 unspecified atom stereocenters. The van der Waals surface area contributed by atoms with E-state index < -0.39 is 0 Å². The van der Waals surface area contributed by atoms with Gasteiger partial charge in [0, 0.05) is 39.6 Å². The van der Waals surface area contributed by atoms with Crippen molar-refractivity contribution in [2.45, 2.75) is 32.9 Å². The molecule has 0 aliphatic carbocycles. The molecule has 3 heterocycles. The number of hydrogen-bond acceptors (Lipinski definition) is 7. The number of nitrogens with zero attached hydrogens (tertiary/aromatic N) is 5. The number of aromatic nitrogens is 2. The molecule has 24 heavy (non-hydrogen) atoms. The molecule has 8 heteroatoms. The normalized spacial score (nSPS) is 22.3. The van der Waals surface area contributed by atoms with Crippen molar-refractivity contribution in [3.05, 3.63) is 11.7 Å². The minimum atomic E-state index is -0.0736. The van der Waals surface area contributed by atoms with Crippen LogP contribution in [-0.4, -0.2) is 89.3 Å². The molecule has 1 aromatic heterocycles. The zero-order valence-electron chi connectivity index (χ0n) is 14.6. The second kappa shape index (κ2) is 8.04. The first-order chi connectivity index (χ1) is 11.6. The van der Waals surface area contributed by atoms with Crippen molar-refractivity contribution >= 4 is 5.91 Å². The second-order valence-electron chi connectivity index (χ2n) is 6.51. The van der Waals surface area contributed by atoms with E-state index in [-0.39, 0.29) is 11.9 Å². The minimum absolute atomic E-state index is 0.0736. The lowest BCUT2D eigenvalue weighted by Crippen LogP contribution is -2.51. The average molecular weight is 337 g/mol. The van der Waals surface area contributed by atoms with Crippen molar-refractivity contribution < 1.29 is 14.1 Å². The van der Waals surface area contributed by atoms with Gasteiger partial charge in [0.05, 0.1) is 25.8 Å². The molecule has 2 saturated heterocycles. The summed E-state index contributed by atoms with van der Waals surface area (Å²) in [5, 5.41) is 3.97. The van der Waals surface area contributed by atoms with E-state index in [9.17, 15) is 4.79 Å². The molecule has 1 amide bonds. The van der Waals surface area contributed by atoms with Crippen molar-refractivity contribution in [1.82, 2.24) is 24.8 Å². The van der Waals surface area contributed by atoms with Crippen molar-refractivity contribution in [3.63, 3.8) is 0 Å². The third kappa shape index (κ3) is 4.31. The van der Waals surface area contributed by atoms with Crippen LogP contribution in [0.25, 0.3) is 0 Å². The molecule has 0 spiro atoms. The molecule has 8 nitrogen and oxygen atoms in total. The highest BCUT2D eigenvalue weighted by Gasteiger charge is 2.28. The summed E-state index contributed by atoms with van der Waals surface area (Å²) in [6.45, 7) is 11.0. The van der Waals surface area contributed by atoms with Crippen molar-refractivity contribution in [2.24, 2.45) is 0 Å². The molecule has 0 N–H and O–H groups in total. The molecule has 1 atom stereocenters. The fourth-order valence-corrected chi connectivity index (χ4v) is 3.35. The molecule has 1 aromatic rings. The van der Waals surface area contributed by atoms with E-state index in [1.54, 1.807) is 6.92 Å². The summed E-state index contributed by atoms with van der Waals surface area (Å²) in [6, 6.07) is -0.0736. The fourth-order valence-electron chi connectivity index (χ4n) is 3.35. The van der Waals surface area contributed by atoms with E-state index in [0.717, 1.165) is 38.4 Å². The Bertz CT molecular complexity index is 544. The van der Waals surface area contributed by atoms with Gasteiger partial charge in [0.1, 0.15) is 0 Å². The van der Waals surface area contributed by atoms with Crippen LogP contribution in [0.15, 0.2) is 4.52 Å². The average Bonchev–Trinajstić information content (AvgIpc) is 2.87. The molecule has 0 radical (unpaired) electrons. The predicted octanol–water partition coefficient (Wildman–Crippen LogP) is 0.133. The number of amides is 1. The lowest BCUT2D eigenvalue weighted by atomic mass is 10.2. The number of ether oxygens (including phenoxy) is 1. The third-order valence-electron chi connectivity index (χ3n) is 4.79. The summed E-state index contributed by atoms with van der Waals surface area (Å²) in [6.07, 6.45) is 1.04. The third-order valence-corrected chi connectivity index (χ3v) is 4.79. The maximum Gasteiger partial charge on any atom is 0.239 e. The Balaban J connectivity index is 1.51. The summed E-state index contributed by atoms with van der Waals surface area (Å²) in [7, 11) is 0. The van der Waals surface area contributed by atoms with Crippen molar-refractivity contribution in [3.8, 4) is 0 Å². The monoisotopic (exact) mass is 337 g/mol. The minimum Gasteiger partial charge on any atom is -0.378 e. The van der Waals surface area contributed by atoms with Crippen LogP contribution in [0.5, 0.6) is 0 Å². The standard InChI is InChI=1S/C16H27N5O3/c1-13(16(22)21-8-10-23-11-9-21)20-5-3-4-19(6-7-20)12-15-17-14(2)24-18-15/h13H,3-12H2,1-2H3/t13-/m0/s1. The second-order valence-corrected chi connectivity index (χ2v) is 6.51. The molecule has 2 aliphatic heterocycles. The fraction of sp³-hybridized carbons (Fsp3) is 0.812. The highest BCUT2D eigenvalue weighted by atomic mass is 16.5. The Hall–Kier alpha value is -1.51. The highest BCUT2D eigenvalue weighted by Crippen LogP contribution is 2.12. The largest absolute Gasteiger partial charge is 0.378 e. The van der Waals surface area contributed by atoms with Crippen LogP contribution >= 0.6 is 0 Å².